The normalized spacial score (nSPS) is 16.8. The molecule has 6 rings (SSSR count). The molecule has 7 heteroatoms. The number of nitrogens with zero attached hydrogens (tertiary/aromatic N) is 3. The predicted octanol–water partition coefficient (Wildman–Crippen LogP) is 4.82. The summed E-state index contributed by atoms with van der Waals surface area (Å²) in [5, 5.41) is 0.972. The smallest absolute Gasteiger partial charge is 0.260 e. The highest BCUT2D eigenvalue weighted by atomic mass is 16.5. The third-order valence-corrected chi connectivity index (χ3v) is 7.23. The molecular weight excluding hydrogens is 442 g/mol. The summed E-state index contributed by atoms with van der Waals surface area (Å²) in [6, 6.07) is 11.5. The lowest BCUT2D eigenvalue weighted by Crippen LogP contribution is -2.25. The van der Waals surface area contributed by atoms with Crippen LogP contribution in [0.2, 0.25) is 0 Å². The van der Waals surface area contributed by atoms with Gasteiger partial charge in [0.1, 0.15) is 0 Å². The lowest BCUT2D eigenvalue weighted by molar-refractivity contribution is 0.297. The molecule has 4 heterocycles. The maximum absolute atomic E-state index is 13.4. The molecule has 0 atom stereocenters. The van der Waals surface area contributed by atoms with Gasteiger partial charge in [-0.15, -0.1) is 0 Å². The molecule has 2 aliphatic rings. The minimum absolute atomic E-state index is 0.0542. The summed E-state index contributed by atoms with van der Waals surface area (Å²) >= 11 is 0. The van der Waals surface area contributed by atoms with Crippen LogP contribution in [0, 0.1) is 0 Å². The first-order valence-electron chi connectivity index (χ1n) is 12.6. The quantitative estimate of drug-likeness (QED) is 0.316. The molecule has 0 bridgehead atoms. The molecule has 1 fully saturated rings. The van der Waals surface area contributed by atoms with Gasteiger partial charge in [-0.1, -0.05) is 31.7 Å². The zero-order valence-corrected chi connectivity index (χ0v) is 19.7. The molecule has 3 aromatic heterocycles. The topological polar surface area (TPSA) is 75.4 Å². The van der Waals surface area contributed by atoms with E-state index in [0.717, 1.165) is 43.4 Å². The molecule has 0 spiro atoms. The van der Waals surface area contributed by atoms with Crippen molar-refractivity contribution in [3.8, 4) is 11.5 Å². The highest BCUT2D eigenvalue weighted by Gasteiger charge is 2.18. The van der Waals surface area contributed by atoms with Crippen molar-refractivity contribution in [3.63, 3.8) is 0 Å². The fraction of sp³-hybridized carbons (Fsp3) is 0.393. The Morgan fingerprint density at radius 1 is 0.771 bits per heavy atom. The van der Waals surface area contributed by atoms with Crippen LogP contribution in [0.15, 0.2) is 58.4 Å². The van der Waals surface area contributed by atoms with E-state index < -0.39 is 0 Å². The van der Waals surface area contributed by atoms with Crippen molar-refractivity contribution in [1.29, 1.82) is 0 Å². The summed E-state index contributed by atoms with van der Waals surface area (Å²) in [6.45, 7) is 1.65. The summed E-state index contributed by atoms with van der Waals surface area (Å²) in [5.74, 6) is 1.44. The molecule has 35 heavy (non-hydrogen) atoms. The van der Waals surface area contributed by atoms with Crippen molar-refractivity contribution >= 4 is 21.8 Å². The van der Waals surface area contributed by atoms with Crippen LogP contribution in [0.1, 0.15) is 56.6 Å². The van der Waals surface area contributed by atoms with E-state index in [1.807, 2.05) is 41.1 Å². The maximum atomic E-state index is 13.4. The van der Waals surface area contributed by atoms with Crippen LogP contribution in [0.3, 0.4) is 0 Å². The first-order valence-corrected chi connectivity index (χ1v) is 12.6. The third kappa shape index (κ3) is 4.20. The number of hydrogen-bond donors (Lipinski definition) is 0. The maximum Gasteiger partial charge on any atom is 0.260 e. The van der Waals surface area contributed by atoms with Gasteiger partial charge in [0, 0.05) is 24.9 Å². The van der Waals surface area contributed by atoms with Crippen molar-refractivity contribution in [3.05, 3.63) is 75.1 Å². The zero-order valence-electron chi connectivity index (χ0n) is 19.7. The standard InChI is InChI=1S/C28H29N3O4/c32-27-21-17-22-24(11-13-31(28(22)33)20-6-3-1-2-4-7-20)29-23(21)10-12-30(27)18-19-8-9-25-26(16-19)35-15-5-14-34-25/h8-13,16-17,20H,1-7,14-15,18H2. The lowest BCUT2D eigenvalue weighted by atomic mass is 10.1. The van der Waals surface area contributed by atoms with E-state index in [1.54, 1.807) is 16.8 Å². The van der Waals surface area contributed by atoms with Gasteiger partial charge in [0.15, 0.2) is 11.5 Å². The van der Waals surface area contributed by atoms with Crippen LogP contribution in [0.4, 0.5) is 0 Å². The van der Waals surface area contributed by atoms with E-state index in [0.29, 0.717) is 47.3 Å². The van der Waals surface area contributed by atoms with Gasteiger partial charge in [-0.3, -0.25) is 9.59 Å². The Morgan fingerprint density at radius 3 is 2.29 bits per heavy atom. The SMILES string of the molecule is O=c1c2cc3c(=O)n(C4CCCCCC4)ccc3nc2ccn1Cc1ccc2c(c1)OCCCO2. The molecule has 7 nitrogen and oxygen atoms in total. The second-order valence-corrected chi connectivity index (χ2v) is 9.61. The Hall–Kier alpha value is -3.61. The monoisotopic (exact) mass is 471 g/mol. The second kappa shape index (κ2) is 9.21. The first-order chi connectivity index (χ1) is 17.2. The van der Waals surface area contributed by atoms with Crippen molar-refractivity contribution in [2.75, 3.05) is 13.2 Å². The van der Waals surface area contributed by atoms with Gasteiger partial charge >= 0.3 is 0 Å². The van der Waals surface area contributed by atoms with E-state index in [2.05, 4.69) is 4.98 Å². The van der Waals surface area contributed by atoms with Crippen LogP contribution < -0.4 is 20.6 Å². The largest absolute Gasteiger partial charge is 0.490 e. The van der Waals surface area contributed by atoms with E-state index in [9.17, 15) is 9.59 Å². The number of fused-ring (bicyclic) bond motifs is 3. The summed E-state index contributed by atoms with van der Waals surface area (Å²) in [4.78, 5) is 31.5. The number of rotatable bonds is 3. The molecule has 0 unspecified atom stereocenters. The molecule has 1 aliphatic carbocycles. The number of ether oxygens (including phenoxy) is 2. The van der Waals surface area contributed by atoms with Crippen LogP contribution in [0.5, 0.6) is 11.5 Å². The highest BCUT2D eigenvalue weighted by Crippen LogP contribution is 2.31. The van der Waals surface area contributed by atoms with Crippen LogP contribution in [0.25, 0.3) is 21.8 Å². The van der Waals surface area contributed by atoms with E-state index in [4.69, 9.17) is 9.47 Å². The molecule has 1 aromatic carbocycles. The molecule has 4 aromatic rings. The third-order valence-electron chi connectivity index (χ3n) is 7.23. The van der Waals surface area contributed by atoms with Crippen LogP contribution >= 0.6 is 0 Å². The second-order valence-electron chi connectivity index (χ2n) is 9.61. The van der Waals surface area contributed by atoms with Gasteiger partial charge in [-0.25, -0.2) is 4.98 Å². The molecule has 0 saturated heterocycles. The first kappa shape index (κ1) is 21.9. The van der Waals surface area contributed by atoms with Gasteiger partial charge in [-0.2, -0.15) is 0 Å². The lowest BCUT2D eigenvalue weighted by Gasteiger charge is -2.18. The molecular formula is C28H29N3O4. The van der Waals surface area contributed by atoms with E-state index in [1.165, 1.54) is 12.8 Å². The Labute approximate surface area is 202 Å². The number of pyridine rings is 3. The summed E-state index contributed by atoms with van der Waals surface area (Å²) in [5.41, 5.74) is 1.96. The van der Waals surface area contributed by atoms with Crippen molar-refractivity contribution < 1.29 is 9.47 Å². The van der Waals surface area contributed by atoms with Gasteiger partial charge in [-0.05, 0) is 48.7 Å². The minimum atomic E-state index is -0.159. The summed E-state index contributed by atoms with van der Waals surface area (Å²) < 4.78 is 15.0. The molecule has 0 N–H and O–H groups in total. The van der Waals surface area contributed by atoms with E-state index in [-0.39, 0.29) is 17.2 Å². The molecule has 0 radical (unpaired) electrons. The van der Waals surface area contributed by atoms with E-state index >= 15 is 0 Å². The summed E-state index contributed by atoms with van der Waals surface area (Å²) in [6.07, 6.45) is 11.3. The number of aromatic nitrogens is 3. The van der Waals surface area contributed by atoms with Crippen LogP contribution in [-0.4, -0.2) is 27.3 Å². The van der Waals surface area contributed by atoms with Gasteiger partial charge in [0.05, 0.1) is 41.6 Å². The van der Waals surface area contributed by atoms with Crippen molar-refractivity contribution in [1.82, 2.24) is 14.1 Å². The summed E-state index contributed by atoms with van der Waals surface area (Å²) in [7, 11) is 0. The molecule has 0 amide bonds. The van der Waals surface area contributed by atoms with Gasteiger partial charge < -0.3 is 18.6 Å². The Bertz CT molecular complexity index is 1510. The van der Waals surface area contributed by atoms with Gasteiger partial charge in [0.2, 0.25) is 0 Å². The number of benzene rings is 1. The number of hydrogen-bond acceptors (Lipinski definition) is 5. The average Bonchev–Trinajstić information content (AvgIpc) is 3.28. The molecule has 1 aliphatic heterocycles. The highest BCUT2D eigenvalue weighted by molar-refractivity contribution is 5.91. The van der Waals surface area contributed by atoms with Crippen molar-refractivity contribution in [2.24, 2.45) is 0 Å². The van der Waals surface area contributed by atoms with Crippen LogP contribution in [-0.2, 0) is 6.54 Å². The predicted molar refractivity (Wildman–Crippen MR) is 136 cm³/mol. The molecule has 180 valence electrons. The molecule has 1 saturated carbocycles. The fourth-order valence-corrected chi connectivity index (χ4v) is 5.33. The Morgan fingerprint density at radius 2 is 1.49 bits per heavy atom. The average molecular weight is 472 g/mol. The van der Waals surface area contributed by atoms with Gasteiger partial charge in [0.25, 0.3) is 11.1 Å². The van der Waals surface area contributed by atoms with Crippen molar-refractivity contribution in [2.45, 2.75) is 57.5 Å². The Balaban J connectivity index is 1.39. The Kier molecular flexibility index (Phi) is 5.76. The minimum Gasteiger partial charge on any atom is -0.490 e. The zero-order chi connectivity index (χ0) is 23.8. The fourth-order valence-electron chi connectivity index (χ4n) is 5.33.